The molecular formula is C15H20N4O3S. The first-order valence-corrected chi connectivity index (χ1v) is 8.77. The SMILES string of the molecule is CCCCN(CC(N)=O)S(=O)(=O)c1cnn(-c2ccccc2)c1. The second kappa shape index (κ2) is 7.38. The lowest BCUT2D eigenvalue weighted by Crippen LogP contribution is -2.38. The van der Waals surface area contributed by atoms with E-state index in [1.807, 2.05) is 37.3 Å². The third-order valence-electron chi connectivity index (χ3n) is 3.31. The summed E-state index contributed by atoms with van der Waals surface area (Å²) in [5.41, 5.74) is 5.92. The first-order valence-electron chi connectivity index (χ1n) is 7.33. The Kier molecular flexibility index (Phi) is 5.51. The molecule has 7 nitrogen and oxygen atoms in total. The summed E-state index contributed by atoms with van der Waals surface area (Å²) in [5, 5.41) is 4.09. The number of primary amides is 1. The Morgan fingerprint density at radius 3 is 2.61 bits per heavy atom. The third kappa shape index (κ3) is 4.17. The van der Waals surface area contributed by atoms with Crippen molar-refractivity contribution >= 4 is 15.9 Å². The Morgan fingerprint density at radius 1 is 1.30 bits per heavy atom. The van der Waals surface area contributed by atoms with Crippen LogP contribution in [-0.2, 0) is 14.8 Å². The molecule has 0 aliphatic rings. The van der Waals surface area contributed by atoms with Crippen LogP contribution in [0.3, 0.4) is 0 Å². The van der Waals surface area contributed by atoms with Crippen molar-refractivity contribution in [2.75, 3.05) is 13.1 Å². The van der Waals surface area contributed by atoms with Crippen molar-refractivity contribution in [3.05, 3.63) is 42.7 Å². The molecule has 0 saturated heterocycles. The van der Waals surface area contributed by atoms with Crippen LogP contribution in [0.2, 0.25) is 0 Å². The fourth-order valence-corrected chi connectivity index (χ4v) is 3.48. The van der Waals surface area contributed by atoms with Gasteiger partial charge in [0.1, 0.15) is 4.90 Å². The standard InChI is InChI=1S/C15H20N4O3S/c1-2-3-9-18(12-15(16)20)23(21,22)14-10-17-19(11-14)13-7-5-4-6-8-13/h4-8,10-11H,2-3,9,12H2,1H3,(H2,16,20). The lowest BCUT2D eigenvalue weighted by molar-refractivity contribution is -0.118. The van der Waals surface area contributed by atoms with Crippen LogP contribution in [-0.4, -0.2) is 41.5 Å². The van der Waals surface area contributed by atoms with Gasteiger partial charge in [-0.15, -0.1) is 0 Å². The van der Waals surface area contributed by atoms with Gasteiger partial charge < -0.3 is 5.73 Å². The minimum absolute atomic E-state index is 0.0405. The molecule has 0 fully saturated rings. The maximum Gasteiger partial charge on any atom is 0.246 e. The highest BCUT2D eigenvalue weighted by atomic mass is 32.2. The highest BCUT2D eigenvalue weighted by Gasteiger charge is 2.27. The van der Waals surface area contributed by atoms with E-state index in [2.05, 4.69) is 5.10 Å². The van der Waals surface area contributed by atoms with Gasteiger partial charge in [0.25, 0.3) is 0 Å². The summed E-state index contributed by atoms with van der Waals surface area (Å²) in [6.45, 7) is 1.86. The molecule has 1 heterocycles. The van der Waals surface area contributed by atoms with E-state index < -0.39 is 15.9 Å². The minimum Gasteiger partial charge on any atom is -0.369 e. The Hall–Kier alpha value is -2.19. The van der Waals surface area contributed by atoms with Crippen molar-refractivity contribution in [1.29, 1.82) is 0 Å². The Bertz CT molecular complexity index is 756. The maximum atomic E-state index is 12.7. The molecule has 0 aliphatic carbocycles. The maximum absolute atomic E-state index is 12.7. The highest BCUT2D eigenvalue weighted by molar-refractivity contribution is 7.89. The number of nitrogens with zero attached hydrogens (tertiary/aromatic N) is 3. The van der Waals surface area contributed by atoms with E-state index in [1.54, 1.807) is 0 Å². The summed E-state index contributed by atoms with van der Waals surface area (Å²) in [5.74, 6) is -0.680. The van der Waals surface area contributed by atoms with Crippen LogP contribution in [0.15, 0.2) is 47.6 Å². The zero-order valence-corrected chi connectivity index (χ0v) is 13.7. The van der Waals surface area contributed by atoms with E-state index >= 15 is 0 Å². The van der Waals surface area contributed by atoms with E-state index in [4.69, 9.17) is 5.73 Å². The quantitative estimate of drug-likeness (QED) is 0.781. The minimum atomic E-state index is -3.81. The van der Waals surface area contributed by atoms with Gasteiger partial charge in [-0.3, -0.25) is 4.79 Å². The van der Waals surface area contributed by atoms with Crippen LogP contribution >= 0.6 is 0 Å². The van der Waals surface area contributed by atoms with E-state index in [0.717, 1.165) is 16.4 Å². The lowest BCUT2D eigenvalue weighted by atomic mass is 10.3. The smallest absolute Gasteiger partial charge is 0.246 e. The molecule has 2 rings (SSSR count). The number of sulfonamides is 1. The molecule has 0 unspecified atom stereocenters. The molecule has 1 aromatic carbocycles. The second-order valence-electron chi connectivity index (χ2n) is 5.11. The normalized spacial score (nSPS) is 11.7. The number of hydrogen-bond donors (Lipinski definition) is 1. The number of unbranched alkanes of at least 4 members (excludes halogenated alkanes) is 1. The van der Waals surface area contributed by atoms with Crippen LogP contribution in [0, 0.1) is 0 Å². The number of benzene rings is 1. The molecule has 0 aliphatic heterocycles. The fourth-order valence-electron chi connectivity index (χ4n) is 2.10. The van der Waals surface area contributed by atoms with Crippen molar-refractivity contribution in [3.63, 3.8) is 0 Å². The van der Waals surface area contributed by atoms with Gasteiger partial charge in [0.2, 0.25) is 15.9 Å². The van der Waals surface area contributed by atoms with Crippen molar-refractivity contribution < 1.29 is 13.2 Å². The zero-order chi connectivity index (χ0) is 16.9. The first-order chi connectivity index (χ1) is 10.9. The van der Waals surface area contributed by atoms with E-state index in [0.29, 0.717) is 6.42 Å². The van der Waals surface area contributed by atoms with Gasteiger partial charge in [-0.05, 0) is 18.6 Å². The third-order valence-corrected chi connectivity index (χ3v) is 5.11. The van der Waals surface area contributed by atoms with E-state index in [9.17, 15) is 13.2 Å². The summed E-state index contributed by atoms with van der Waals surface area (Å²) >= 11 is 0. The Labute approximate surface area is 135 Å². The topological polar surface area (TPSA) is 98.3 Å². The average Bonchev–Trinajstić information content (AvgIpc) is 3.02. The van der Waals surface area contributed by atoms with Gasteiger partial charge in [0.15, 0.2) is 0 Å². The molecule has 1 aromatic heterocycles. The molecule has 0 radical (unpaired) electrons. The van der Waals surface area contributed by atoms with Gasteiger partial charge in [0, 0.05) is 6.54 Å². The molecule has 23 heavy (non-hydrogen) atoms. The second-order valence-corrected chi connectivity index (χ2v) is 7.05. The van der Waals surface area contributed by atoms with Gasteiger partial charge in [-0.25, -0.2) is 13.1 Å². The number of amides is 1. The number of carbonyl (C=O) groups excluding carboxylic acids is 1. The average molecular weight is 336 g/mol. The Balaban J connectivity index is 2.30. The van der Waals surface area contributed by atoms with Crippen molar-refractivity contribution in [1.82, 2.24) is 14.1 Å². The summed E-state index contributed by atoms with van der Waals surface area (Å²) in [6, 6.07) is 9.19. The van der Waals surface area contributed by atoms with Crippen LogP contribution < -0.4 is 5.73 Å². The molecule has 8 heteroatoms. The summed E-state index contributed by atoms with van der Waals surface area (Å²) in [4.78, 5) is 11.2. The largest absolute Gasteiger partial charge is 0.369 e. The van der Waals surface area contributed by atoms with Crippen LogP contribution in [0.25, 0.3) is 5.69 Å². The van der Waals surface area contributed by atoms with Crippen LogP contribution in [0.5, 0.6) is 0 Å². The van der Waals surface area contributed by atoms with E-state index in [-0.39, 0.29) is 18.0 Å². The molecule has 0 saturated carbocycles. The summed E-state index contributed by atoms with van der Waals surface area (Å²) in [7, 11) is -3.81. The predicted octanol–water partition coefficient (Wildman–Crippen LogP) is 1.15. The molecular weight excluding hydrogens is 316 g/mol. The molecule has 2 N–H and O–H groups in total. The fraction of sp³-hybridized carbons (Fsp3) is 0.333. The molecule has 0 atom stereocenters. The number of para-hydroxylation sites is 1. The predicted molar refractivity (Wildman–Crippen MR) is 86.4 cm³/mol. The summed E-state index contributed by atoms with van der Waals surface area (Å²) < 4.78 is 28.0. The molecule has 124 valence electrons. The zero-order valence-electron chi connectivity index (χ0n) is 12.9. The number of carbonyl (C=O) groups is 1. The molecule has 0 bridgehead atoms. The van der Waals surface area contributed by atoms with Crippen LogP contribution in [0.4, 0.5) is 0 Å². The number of nitrogens with two attached hydrogens (primary N) is 1. The lowest BCUT2D eigenvalue weighted by Gasteiger charge is -2.19. The molecule has 1 amide bonds. The van der Waals surface area contributed by atoms with Gasteiger partial charge >= 0.3 is 0 Å². The first kappa shape index (κ1) is 17.2. The number of aromatic nitrogens is 2. The number of hydrogen-bond acceptors (Lipinski definition) is 4. The van der Waals surface area contributed by atoms with Gasteiger partial charge in [-0.1, -0.05) is 31.5 Å². The number of rotatable bonds is 8. The monoisotopic (exact) mass is 336 g/mol. The van der Waals surface area contributed by atoms with Crippen molar-refractivity contribution in [3.8, 4) is 5.69 Å². The van der Waals surface area contributed by atoms with Crippen LogP contribution in [0.1, 0.15) is 19.8 Å². The van der Waals surface area contributed by atoms with Crippen molar-refractivity contribution in [2.45, 2.75) is 24.7 Å². The Morgan fingerprint density at radius 2 is 2.00 bits per heavy atom. The van der Waals surface area contributed by atoms with Gasteiger partial charge in [-0.2, -0.15) is 9.40 Å². The van der Waals surface area contributed by atoms with Gasteiger partial charge in [0.05, 0.1) is 24.6 Å². The highest BCUT2D eigenvalue weighted by Crippen LogP contribution is 2.17. The molecule has 0 spiro atoms. The molecule has 2 aromatic rings. The summed E-state index contributed by atoms with van der Waals surface area (Å²) in [6.07, 6.45) is 4.18. The van der Waals surface area contributed by atoms with Crippen molar-refractivity contribution in [2.24, 2.45) is 5.73 Å². The van der Waals surface area contributed by atoms with E-state index in [1.165, 1.54) is 17.1 Å².